The van der Waals surface area contributed by atoms with Crippen molar-refractivity contribution in [1.29, 1.82) is 0 Å². The fourth-order valence-electron chi connectivity index (χ4n) is 3.15. The van der Waals surface area contributed by atoms with Gasteiger partial charge in [-0.25, -0.2) is 0 Å². The van der Waals surface area contributed by atoms with E-state index in [9.17, 15) is 18.0 Å². The second-order valence-corrected chi connectivity index (χ2v) is 6.40. The molecule has 1 aliphatic rings. The van der Waals surface area contributed by atoms with Crippen LogP contribution in [-0.4, -0.2) is 12.5 Å². The number of rotatable bonds is 5. The third kappa shape index (κ3) is 3.56. The Labute approximate surface area is 143 Å². The predicted molar refractivity (Wildman–Crippen MR) is 85.9 cm³/mol. The number of furan rings is 1. The van der Waals surface area contributed by atoms with Crippen LogP contribution in [0.2, 0.25) is 0 Å². The SMILES string of the molecule is NCc1cc(C(=O)NCC2(c3cccc(C(F)(F)F)c3)CCC2)co1. The van der Waals surface area contributed by atoms with Crippen molar-refractivity contribution in [2.75, 3.05) is 6.54 Å². The van der Waals surface area contributed by atoms with Gasteiger partial charge in [-0.15, -0.1) is 0 Å². The number of halogens is 3. The molecule has 1 aromatic carbocycles. The topological polar surface area (TPSA) is 68.3 Å². The maximum absolute atomic E-state index is 13.0. The van der Waals surface area contributed by atoms with E-state index in [-0.39, 0.29) is 19.0 Å². The normalized spacial score (nSPS) is 16.3. The Morgan fingerprint density at radius 3 is 2.60 bits per heavy atom. The Bertz CT molecular complexity index is 764. The van der Waals surface area contributed by atoms with Gasteiger partial charge >= 0.3 is 6.18 Å². The standard InChI is InChI=1S/C18H19F3N2O2/c19-18(20,21)14-4-1-3-13(8-14)17(5-2-6-17)11-23-16(24)12-7-15(9-22)25-10-12/h1,3-4,7-8,10H,2,5-6,9,11,22H2,(H,23,24). The lowest BCUT2D eigenvalue weighted by Crippen LogP contribution is -2.45. The van der Waals surface area contributed by atoms with E-state index in [4.69, 9.17) is 10.2 Å². The zero-order chi connectivity index (χ0) is 18.1. The van der Waals surface area contributed by atoms with E-state index in [1.807, 2.05) is 0 Å². The Kier molecular flexibility index (Phi) is 4.60. The molecule has 3 rings (SSSR count). The first-order chi connectivity index (χ1) is 11.8. The third-order valence-corrected chi connectivity index (χ3v) is 4.82. The number of benzene rings is 1. The highest BCUT2D eigenvalue weighted by Crippen LogP contribution is 2.44. The molecule has 2 aromatic rings. The summed E-state index contributed by atoms with van der Waals surface area (Å²) in [6, 6.07) is 6.94. The summed E-state index contributed by atoms with van der Waals surface area (Å²) in [5.74, 6) is 0.183. The van der Waals surface area contributed by atoms with Crippen LogP contribution in [0.25, 0.3) is 0 Å². The van der Waals surface area contributed by atoms with E-state index >= 15 is 0 Å². The molecule has 1 fully saturated rings. The van der Waals surface area contributed by atoms with Gasteiger partial charge in [-0.3, -0.25) is 4.79 Å². The lowest BCUT2D eigenvalue weighted by molar-refractivity contribution is -0.137. The van der Waals surface area contributed by atoms with Crippen molar-refractivity contribution in [3.63, 3.8) is 0 Å². The molecule has 1 aromatic heterocycles. The van der Waals surface area contributed by atoms with Gasteiger partial charge in [0.05, 0.1) is 17.7 Å². The predicted octanol–water partition coefficient (Wildman–Crippen LogP) is 3.61. The van der Waals surface area contributed by atoms with Gasteiger partial charge in [0.25, 0.3) is 5.91 Å². The van der Waals surface area contributed by atoms with Crippen molar-refractivity contribution < 1.29 is 22.4 Å². The van der Waals surface area contributed by atoms with Crippen LogP contribution < -0.4 is 11.1 Å². The van der Waals surface area contributed by atoms with Gasteiger partial charge in [-0.05, 0) is 30.5 Å². The minimum absolute atomic E-state index is 0.196. The molecule has 0 spiro atoms. The highest BCUT2D eigenvalue weighted by Gasteiger charge is 2.40. The number of hydrogen-bond acceptors (Lipinski definition) is 3. The van der Waals surface area contributed by atoms with E-state index < -0.39 is 17.2 Å². The average Bonchev–Trinajstić information content (AvgIpc) is 3.02. The van der Waals surface area contributed by atoms with Crippen LogP contribution in [0.4, 0.5) is 13.2 Å². The number of carbonyl (C=O) groups excluding carboxylic acids is 1. The van der Waals surface area contributed by atoms with Crippen molar-refractivity contribution >= 4 is 5.91 Å². The lowest BCUT2D eigenvalue weighted by Gasteiger charge is -2.42. The van der Waals surface area contributed by atoms with Crippen LogP contribution in [0.3, 0.4) is 0 Å². The summed E-state index contributed by atoms with van der Waals surface area (Å²) in [5.41, 5.74) is 5.31. The van der Waals surface area contributed by atoms with E-state index in [1.54, 1.807) is 12.1 Å². The van der Waals surface area contributed by atoms with E-state index in [0.29, 0.717) is 16.9 Å². The molecule has 0 atom stereocenters. The van der Waals surface area contributed by atoms with E-state index in [1.165, 1.54) is 18.4 Å². The van der Waals surface area contributed by atoms with E-state index in [0.717, 1.165) is 25.3 Å². The first kappa shape index (κ1) is 17.5. The maximum atomic E-state index is 13.0. The number of hydrogen-bond donors (Lipinski definition) is 2. The Morgan fingerprint density at radius 1 is 1.28 bits per heavy atom. The summed E-state index contributed by atoms with van der Waals surface area (Å²) in [6.07, 6.45) is -0.633. The number of alkyl halides is 3. The molecule has 7 heteroatoms. The van der Waals surface area contributed by atoms with Crippen molar-refractivity contribution in [2.24, 2.45) is 5.73 Å². The molecule has 0 saturated heterocycles. The van der Waals surface area contributed by atoms with Crippen molar-refractivity contribution in [3.05, 3.63) is 59.0 Å². The molecule has 0 unspecified atom stereocenters. The molecule has 3 N–H and O–H groups in total. The fraction of sp³-hybridized carbons (Fsp3) is 0.389. The average molecular weight is 352 g/mol. The van der Waals surface area contributed by atoms with Crippen LogP contribution in [0, 0.1) is 0 Å². The van der Waals surface area contributed by atoms with Crippen LogP contribution in [0.15, 0.2) is 41.0 Å². The number of carbonyl (C=O) groups is 1. The molecule has 1 heterocycles. The Balaban J connectivity index is 1.74. The van der Waals surface area contributed by atoms with Gasteiger partial charge in [0.1, 0.15) is 12.0 Å². The lowest BCUT2D eigenvalue weighted by atomic mass is 9.64. The fourth-order valence-corrected chi connectivity index (χ4v) is 3.15. The van der Waals surface area contributed by atoms with Crippen LogP contribution in [0.1, 0.15) is 46.5 Å². The quantitative estimate of drug-likeness (QED) is 0.864. The first-order valence-corrected chi connectivity index (χ1v) is 8.07. The molecule has 25 heavy (non-hydrogen) atoms. The van der Waals surface area contributed by atoms with Gasteiger partial charge in [0.2, 0.25) is 0 Å². The summed E-state index contributed by atoms with van der Waals surface area (Å²) in [4.78, 5) is 12.2. The summed E-state index contributed by atoms with van der Waals surface area (Å²) in [7, 11) is 0. The first-order valence-electron chi connectivity index (χ1n) is 8.07. The molecular formula is C18H19F3N2O2. The number of nitrogens with one attached hydrogen (secondary N) is 1. The number of amides is 1. The van der Waals surface area contributed by atoms with Gasteiger partial charge < -0.3 is 15.5 Å². The van der Waals surface area contributed by atoms with Crippen LogP contribution >= 0.6 is 0 Å². The van der Waals surface area contributed by atoms with Crippen LogP contribution in [0.5, 0.6) is 0 Å². The Morgan fingerprint density at radius 2 is 2.04 bits per heavy atom. The van der Waals surface area contributed by atoms with E-state index in [2.05, 4.69) is 5.32 Å². The molecule has 1 amide bonds. The van der Waals surface area contributed by atoms with Gasteiger partial charge in [0, 0.05) is 12.0 Å². The van der Waals surface area contributed by atoms with Gasteiger partial charge in [0.15, 0.2) is 0 Å². The second-order valence-electron chi connectivity index (χ2n) is 6.40. The number of nitrogens with two attached hydrogens (primary N) is 1. The van der Waals surface area contributed by atoms with Gasteiger partial charge in [-0.2, -0.15) is 13.2 Å². The third-order valence-electron chi connectivity index (χ3n) is 4.82. The van der Waals surface area contributed by atoms with Crippen LogP contribution in [-0.2, 0) is 18.1 Å². The highest BCUT2D eigenvalue weighted by molar-refractivity contribution is 5.94. The molecule has 1 aliphatic carbocycles. The summed E-state index contributed by atoms with van der Waals surface area (Å²) in [5, 5.41) is 2.81. The minimum Gasteiger partial charge on any atom is -0.467 e. The molecule has 0 radical (unpaired) electrons. The minimum atomic E-state index is -4.38. The monoisotopic (exact) mass is 352 g/mol. The summed E-state index contributed by atoms with van der Waals surface area (Å²) < 4.78 is 44.0. The van der Waals surface area contributed by atoms with Crippen molar-refractivity contribution in [2.45, 2.75) is 37.4 Å². The molecule has 4 nitrogen and oxygen atoms in total. The highest BCUT2D eigenvalue weighted by atomic mass is 19.4. The molecule has 1 saturated carbocycles. The van der Waals surface area contributed by atoms with Crippen molar-refractivity contribution in [1.82, 2.24) is 5.32 Å². The maximum Gasteiger partial charge on any atom is 0.416 e. The smallest absolute Gasteiger partial charge is 0.416 e. The summed E-state index contributed by atoms with van der Waals surface area (Å²) >= 11 is 0. The largest absolute Gasteiger partial charge is 0.467 e. The zero-order valence-corrected chi connectivity index (χ0v) is 13.5. The Hall–Kier alpha value is -2.28. The van der Waals surface area contributed by atoms with Crippen molar-refractivity contribution in [3.8, 4) is 0 Å². The molecule has 0 bridgehead atoms. The molecule has 0 aliphatic heterocycles. The second kappa shape index (κ2) is 6.55. The molecular weight excluding hydrogens is 333 g/mol. The zero-order valence-electron chi connectivity index (χ0n) is 13.5. The summed E-state index contributed by atoms with van der Waals surface area (Å²) in [6.45, 7) is 0.484. The van der Waals surface area contributed by atoms with Gasteiger partial charge in [-0.1, -0.05) is 24.6 Å². The molecule has 134 valence electrons.